The van der Waals surface area contributed by atoms with Crippen molar-refractivity contribution in [3.63, 3.8) is 0 Å². The first-order valence-electron chi connectivity index (χ1n) is 7.29. The number of rotatable bonds is 6. The first kappa shape index (κ1) is 13.6. The SMILES string of the molecule is NCC1(CCNCc2ccccc2)CCCCC1. The normalized spacial score (nSPS) is 18.7. The average Bonchev–Trinajstić information content (AvgIpc) is 2.46. The molecule has 1 saturated carbocycles. The third-order valence-corrected chi connectivity index (χ3v) is 4.35. The van der Waals surface area contributed by atoms with E-state index in [0.29, 0.717) is 5.41 Å². The summed E-state index contributed by atoms with van der Waals surface area (Å²) in [5, 5.41) is 3.55. The van der Waals surface area contributed by atoms with E-state index in [4.69, 9.17) is 5.73 Å². The van der Waals surface area contributed by atoms with E-state index in [1.807, 2.05) is 0 Å². The molecule has 2 rings (SSSR count). The van der Waals surface area contributed by atoms with Crippen molar-refractivity contribution in [1.82, 2.24) is 5.32 Å². The van der Waals surface area contributed by atoms with Gasteiger partial charge in [0, 0.05) is 6.54 Å². The summed E-state index contributed by atoms with van der Waals surface area (Å²) in [4.78, 5) is 0. The highest BCUT2D eigenvalue weighted by molar-refractivity contribution is 5.14. The molecule has 0 aliphatic heterocycles. The Morgan fingerprint density at radius 2 is 1.78 bits per heavy atom. The van der Waals surface area contributed by atoms with E-state index in [0.717, 1.165) is 19.6 Å². The fraction of sp³-hybridized carbons (Fsp3) is 0.625. The molecule has 18 heavy (non-hydrogen) atoms. The Kier molecular flexibility index (Phi) is 5.21. The molecule has 0 aromatic heterocycles. The van der Waals surface area contributed by atoms with Crippen molar-refractivity contribution >= 4 is 0 Å². The second-order valence-electron chi connectivity index (χ2n) is 5.68. The lowest BCUT2D eigenvalue weighted by atomic mass is 9.72. The van der Waals surface area contributed by atoms with E-state index >= 15 is 0 Å². The molecule has 0 saturated heterocycles. The van der Waals surface area contributed by atoms with Crippen LogP contribution in [0.25, 0.3) is 0 Å². The van der Waals surface area contributed by atoms with Crippen LogP contribution in [0.15, 0.2) is 30.3 Å². The van der Waals surface area contributed by atoms with Gasteiger partial charge in [-0.25, -0.2) is 0 Å². The lowest BCUT2D eigenvalue weighted by Gasteiger charge is -2.36. The highest BCUT2D eigenvalue weighted by atomic mass is 14.8. The average molecular weight is 246 g/mol. The molecule has 0 radical (unpaired) electrons. The monoisotopic (exact) mass is 246 g/mol. The van der Waals surface area contributed by atoms with Crippen LogP contribution in [0.2, 0.25) is 0 Å². The number of hydrogen-bond acceptors (Lipinski definition) is 2. The lowest BCUT2D eigenvalue weighted by molar-refractivity contribution is 0.181. The third kappa shape index (κ3) is 3.82. The van der Waals surface area contributed by atoms with E-state index < -0.39 is 0 Å². The molecular formula is C16H26N2. The van der Waals surface area contributed by atoms with Gasteiger partial charge in [0.25, 0.3) is 0 Å². The summed E-state index contributed by atoms with van der Waals surface area (Å²) in [7, 11) is 0. The van der Waals surface area contributed by atoms with Crippen LogP contribution in [0.5, 0.6) is 0 Å². The Bertz CT molecular complexity index is 328. The quantitative estimate of drug-likeness (QED) is 0.757. The zero-order valence-electron chi connectivity index (χ0n) is 11.3. The van der Waals surface area contributed by atoms with Crippen molar-refractivity contribution in [2.24, 2.45) is 11.1 Å². The summed E-state index contributed by atoms with van der Waals surface area (Å²) < 4.78 is 0. The summed E-state index contributed by atoms with van der Waals surface area (Å²) in [6.07, 6.45) is 8.04. The predicted octanol–water partition coefficient (Wildman–Crippen LogP) is 3.08. The van der Waals surface area contributed by atoms with E-state index in [2.05, 4.69) is 35.6 Å². The minimum Gasteiger partial charge on any atom is -0.330 e. The van der Waals surface area contributed by atoms with Gasteiger partial charge in [-0.3, -0.25) is 0 Å². The first-order valence-corrected chi connectivity index (χ1v) is 7.29. The third-order valence-electron chi connectivity index (χ3n) is 4.35. The van der Waals surface area contributed by atoms with Crippen molar-refractivity contribution in [3.05, 3.63) is 35.9 Å². The second-order valence-corrected chi connectivity index (χ2v) is 5.68. The fourth-order valence-electron chi connectivity index (χ4n) is 3.04. The number of nitrogens with two attached hydrogens (primary N) is 1. The Hall–Kier alpha value is -0.860. The van der Waals surface area contributed by atoms with Crippen LogP contribution in [0, 0.1) is 5.41 Å². The maximum absolute atomic E-state index is 6.00. The topological polar surface area (TPSA) is 38.0 Å². The molecule has 0 unspecified atom stereocenters. The number of benzene rings is 1. The van der Waals surface area contributed by atoms with Gasteiger partial charge in [0.05, 0.1) is 0 Å². The van der Waals surface area contributed by atoms with Gasteiger partial charge in [-0.1, -0.05) is 49.6 Å². The van der Waals surface area contributed by atoms with Crippen LogP contribution in [0.1, 0.15) is 44.1 Å². The van der Waals surface area contributed by atoms with Crippen molar-refractivity contribution in [3.8, 4) is 0 Å². The fourth-order valence-corrected chi connectivity index (χ4v) is 3.04. The Morgan fingerprint density at radius 3 is 2.44 bits per heavy atom. The van der Waals surface area contributed by atoms with E-state index in [1.54, 1.807) is 0 Å². The zero-order valence-corrected chi connectivity index (χ0v) is 11.3. The molecule has 100 valence electrons. The standard InChI is InChI=1S/C16H26N2/c17-14-16(9-5-2-6-10-16)11-12-18-13-15-7-3-1-4-8-15/h1,3-4,7-8,18H,2,5-6,9-14,17H2. The van der Waals surface area contributed by atoms with Gasteiger partial charge >= 0.3 is 0 Å². The zero-order chi connectivity index (χ0) is 12.7. The van der Waals surface area contributed by atoms with Gasteiger partial charge in [0.1, 0.15) is 0 Å². The molecule has 1 aliphatic carbocycles. The molecule has 0 atom stereocenters. The molecule has 3 N–H and O–H groups in total. The van der Waals surface area contributed by atoms with E-state index in [-0.39, 0.29) is 0 Å². The van der Waals surface area contributed by atoms with Gasteiger partial charge in [-0.15, -0.1) is 0 Å². The van der Waals surface area contributed by atoms with Crippen molar-refractivity contribution in [2.75, 3.05) is 13.1 Å². The Balaban J connectivity index is 1.71. The van der Waals surface area contributed by atoms with E-state index in [1.165, 1.54) is 44.1 Å². The predicted molar refractivity (Wildman–Crippen MR) is 77.3 cm³/mol. The smallest absolute Gasteiger partial charge is 0.0205 e. The summed E-state index contributed by atoms with van der Waals surface area (Å²) in [6, 6.07) is 10.6. The molecule has 1 aromatic carbocycles. The van der Waals surface area contributed by atoms with Crippen LogP contribution < -0.4 is 11.1 Å². The lowest BCUT2D eigenvalue weighted by Crippen LogP contribution is -2.35. The molecule has 0 bridgehead atoms. The molecule has 1 aliphatic rings. The van der Waals surface area contributed by atoms with Crippen LogP contribution in [-0.2, 0) is 6.54 Å². The Morgan fingerprint density at radius 1 is 1.06 bits per heavy atom. The van der Waals surface area contributed by atoms with Crippen molar-refractivity contribution in [1.29, 1.82) is 0 Å². The van der Waals surface area contributed by atoms with Gasteiger partial charge in [-0.05, 0) is 43.3 Å². The Labute approximate surface area is 111 Å². The maximum Gasteiger partial charge on any atom is 0.0205 e. The summed E-state index contributed by atoms with van der Waals surface area (Å²) >= 11 is 0. The molecule has 1 fully saturated rings. The molecule has 0 spiro atoms. The van der Waals surface area contributed by atoms with Crippen LogP contribution in [0.4, 0.5) is 0 Å². The number of nitrogens with one attached hydrogen (secondary N) is 1. The second kappa shape index (κ2) is 6.91. The molecule has 0 heterocycles. The van der Waals surface area contributed by atoms with Gasteiger partial charge in [0.15, 0.2) is 0 Å². The summed E-state index contributed by atoms with van der Waals surface area (Å²) in [5.41, 5.74) is 7.80. The largest absolute Gasteiger partial charge is 0.330 e. The van der Waals surface area contributed by atoms with Crippen LogP contribution in [0.3, 0.4) is 0 Å². The molecular weight excluding hydrogens is 220 g/mol. The van der Waals surface area contributed by atoms with Crippen LogP contribution in [-0.4, -0.2) is 13.1 Å². The molecule has 1 aromatic rings. The van der Waals surface area contributed by atoms with Crippen molar-refractivity contribution in [2.45, 2.75) is 45.1 Å². The highest BCUT2D eigenvalue weighted by Crippen LogP contribution is 2.37. The minimum atomic E-state index is 0.432. The molecule has 2 nitrogen and oxygen atoms in total. The first-order chi connectivity index (χ1) is 8.85. The van der Waals surface area contributed by atoms with Crippen LogP contribution >= 0.6 is 0 Å². The summed E-state index contributed by atoms with van der Waals surface area (Å²) in [5.74, 6) is 0. The maximum atomic E-state index is 6.00. The summed E-state index contributed by atoms with van der Waals surface area (Å²) in [6.45, 7) is 2.92. The van der Waals surface area contributed by atoms with Gasteiger partial charge in [0.2, 0.25) is 0 Å². The van der Waals surface area contributed by atoms with Gasteiger partial charge in [-0.2, -0.15) is 0 Å². The molecule has 0 amide bonds. The number of hydrogen-bond donors (Lipinski definition) is 2. The highest BCUT2D eigenvalue weighted by Gasteiger charge is 2.29. The van der Waals surface area contributed by atoms with Gasteiger partial charge < -0.3 is 11.1 Å². The van der Waals surface area contributed by atoms with E-state index in [9.17, 15) is 0 Å². The minimum absolute atomic E-state index is 0.432. The molecule has 2 heteroatoms. The van der Waals surface area contributed by atoms with Crippen molar-refractivity contribution < 1.29 is 0 Å².